The van der Waals surface area contributed by atoms with E-state index >= 15 is 0 Å². The van der Waals surface area contributed by atoms with Gasteiger partial charge in [-0.25, -0.2) is 0 Å². The Morgan fingerprint density at radius 3 is 2.31 bits per heavy atom. The molecule has 0 aliphatic carbocycles. The fourth-order valence-corrected chi connectivity index (χ4v) is 4.91. The molecule has 1 amide bonds. The SMILES string of the molecule is C.CC.CC(C)C[C@@H](COCNCCCNCCN(C)C)NC(=O)c1cc2ccccc2s1.Cc1ccccc1C=N. The standard InChI is InChI=1S/C23H38N4O2S.C8H9N.C2H6.CH4/c1-18(2)14-20(16-29-17-25-11-7-10-24-12-13-27(3)4)26-23(28)22-15-19-8-5-6-9-21(19)30-22;1-7-4-2-3-5-8(7)6-9;1-2;/h5-6,8-9,15,18,20,24-25H,7,10-14,16-17H2,1-4H3,(H,26,28);2-6,9H,1H3;1-2H3;1H4/t20-;;;/m0.../s1. The summed E-state index contributed by atoms with van der Waals surface area (Å²) in [6.45, 7) is 15.3. The molecule has 8 heteroatoms. The van der Waals surface area contributed by atoms with Crippen LogP contribution in [0.5, 0.6) is 0 Å². The summed E-state index contributed by atoms with van der Waals surface area (Å²) in [7, 11) is 4.16. The van der Waals surface area contributed by atoms with E-state index in [1.54, 1.807) is 0 Å². The molecule has 0 radical (unpaired) electrons. The molecule has 0 aliphatic rings. The first-order chi connectivity index (χ1) is 19.8. The highest BCUT2D eigenvalue weighted by atomic mass is 32.1. The Hall–Kier alpha value is -2.62. The van der Waals surface area contributed by atoms with Gasteiger partial charge in [-0.15, -0.1) is 11.3 Å². The molecule has 3 aromatic rings. The highest BCUT2D eigenvalue weighted by Gasteiger charge is 2.17. The van der Waals surface area contributed by atoms with E-state index in [0.29, 0.717) is 19.3 Å². The molecule has 0 aliphatic heterocycles. The van der Waals surface area contributed by atoms with Crippen LogP contribution in [-0.2, 0) is 4.74 Å². The van der Waals surface area contributed by atoms with Crippen LogP contribution in [0.25, 0.3) is 10.1 Å². The van der Waals surface area contributed by atoms with Crippen LogP contribution >= 0.6 is 11.3 Å². The molecular formula is C34H57N5O2S. The predicted molar refractivity (Wildman–Crippen MR) is 185 cm³/mol. The number of nitrogens with one attached hydrogen (secondary N) is 4. The van der Waals surface area contributed by atoms with Gasteiger partial charge in [-0.3, -0.25) is 10.1 Å². The second-order valence-corrected chi connectivity index (χ2v) is 11.5. The van der Waals surface area contributed by atoms with E-state index in [2.05, 4.69) is 54.9 Å². The van der Waals surface area contributed by atoms with Crippen LogP contribution in [0, 0.1) is 18.3 Å². The first kappa shape index (κ1) is 39.4. The first-order valence-corrected chi connectivity index (χ1v) is 15.6. The van der Waals surface area contributed by atoms with Crippen molar-refractivity contribution in [2.75, 3.05) is 53.6 Å². The summed E-state index contributed by atoms with van der Waals surface area (Å²) in [6, 6.07) is 17.9. The number of ether oxygens (including phenoxy) is 1. The lowest BCUT2D eigenvalue weighted by molar-refractivity contribution is 0.0761. The maximum atomic E-state index is 12.7. The normalized spacial score (nSPS) is 11.2. The van der Waals surface area contributed by atoms with E-state index in [0.717, 1.165) is 65.1 Å². The van der Waals surface area contributed by atoms with E-state index < -0.39 is 0 Å². The summed E-state index contributed by atoms with van der Waals surface area (Å²) >= 11 is 1.54. The number of nitrogens with zero attached hydrogens (tertiary/aromatic N) is 1. The largest absolute Gasteiger partial charge is 0.364 e. The van der Waals surface area contributed by atoms with Crippen molar-refractivity contribution in [1.29, 1.82) is 5.41 Å². The first-order valence-electron chi connectivity index (χ1n) is 14.8. The molecule has 0 saturated carbocycles. The zero-order valence-electron chi connectivity index (χ0n) is 26.3. The van der Waals surface area contributed by atoms with Crippen LogP contribution in [0.15, 0.2) is 54.6 Å². The van der Waals surface area contributed by atoms with Crippen molar-refractivity contribution < 1.29 is 9.53 Å². The fourth-order valence-electron chi connectivity index (χ4n) is 3.95. The molecule has 0 saturated heterocycles. The highest BCUT2D eigenvalue weighted by Crippen LogP contribution is 2.25. The van der Waals surface area contributed by atoms with Gasteiger partial charge < -0.3 is 25.7 Å². The molecule has 2 aromatic carbocycles. The monoisotopic (exact) mass is 599 g/mol. The summed E-state index contributed by atoms with van der Waals surface area (Å²) in [5, 5.41) is 18.0. The molecule has 0 bridgehead atoms. The molecule has 1 aromatic heterocycles. The van der Waals surface area contributed by atoms with Gasteiger partial charge in [-0.05, 0) is 81.5 Å². The minimum absolute atomic E-state index is 0. The van der Waals surface area contributed by atoms with Gasteiger partial charge in [0, 0.05) is 24.0 Å². The van der Waals surface area contributed by atoms with Gasteiger partial charge in [0.2, 0.25) is 0 Å². The van der Waals surface area contributed by atoms with Crippen molar-refractivity contribution in [1.82, 2.24) is 20.9 Å². The van der Waals surface area contributed by atoms with Gasteiger partial charge in [0.05, 0.1) is 24.3 Å². The summed E-state index contributed by atoms with van der Waals surface area (Å²) in [5.74, 6) is 0.477. The fraction of sp³-hybridized carbons (Fsp3) is 0.529. The molecule has 4 N–H and O–H groups in total. The summed E-state index contributed by atoms with van der Waals surface area (Å²) in [4.78, 5) is 15.7. The number of aryl methyl sites for hydroxylation is 1. The van der Waals surface area contributed by atoms with Crippen molar-refractivity contribution in [2.24, 2.45) is 5.92 Å². The van der Waals surface area contributed by atoms with Gasteiger partial charge >= 0.3 is 0 Å². The Morgan fingerprint density at radius 1 is 1.02 bits per heavy atom. The average molecular weight is 600 g/mol. The number of carbonyl (C=O) groups excluding carboxylic acids is 1. The summed E-state index contributed by atoms with van der Waals surface area (Å²) in [5.41, 5.74) is 2.16. The average Bonchev–Trinajstić information content (AvgIpc) is 3.40. The number of benzene rings is 2. The number of fused-ring (bicyclic) bond motifs is 1. The predicted octanol–water partition coefficient (Wildman–Crippen LogP) is 6.81. The lowest BCUT2D eigenvalue weighted by Gasteiger charge is -2.20. The number of thiophene rings is 1. The van der Waals surface area contributed by atoms with Crippen LogP contribution in [0.1, 0.15) is 68.8 Å². The van der Waals surface area contributed by atoms with E-state index in [9.17, 15) is 4.79 Å². The summed E-state index contributed by atoms with van der Waals surface area (Å²) < 4.78 is 6.94. The Morgan fingerprint density at radius 2 is 1.69 bits per heavy atom. The van der Waals surface area contributed by atoms with Gasteiger partial charge in [0.25, 0.3) is 5.91 Å². The second kappa shape index (κ2) is 23.9. The molecule has 1 heterocycles. The zero-order valence-corrected chi connectivity index (χ0v) is 27.1. The van der Waals surface area contributed by atoms with Gasteiger partial charge in [-0.1, -0.05) is 77.6 Å². The maximum absolute atomic E-state index is 12.7. The van der Waals surface area contributed by atoms with Crippen molar-refractivity contribution >= 4 is 33.5 Å². The van der Waals surface area contributed by atoms with Crippen molar-refractivity contribution in [3.05, 3.63) is 70.6 Å². The van der Waals surface area contributed by atoms with E-state index in [1.165, 1.54) is 17.6 Å². The van der Waals surface area contributed by atoms with Crippen LogP contribution in [-0.4, -0.2) is 76.7 Å². The molecular weight excluding hydrogens is 542 g/mol. The Bertz CT molecular complexity index is 1080. The van der Waals surface area contributed by atoms with Gasteiger partial charge in [0.1, 0.15) is 0 Å². The van der Waals surface area contributed by atoms with Crippen molar-refractivity contribution in [3.8, 4) is 0 Å². The van der Waals surface area contributed by atoms with Gasteiger partial charge in [0.15, 0.2) is 0 Å². The third-order valence-corrected chi connectivity index (χ3v) is 7.17. The number of amides is 1. The highest BCUT2D eigenvalue weighted by molar-refractivity contribution is 7.20. The number of rotatable bonds is 16. The minimum Gasteiger partial charge on any atom is -0.364 e. The molecule has 3 rings (SSSR count). The minimum atomic E-state index is -0.0118. The molecule has 0 fully saturated rings. The second-order valence-electron chi connectivity index (χ2n) is 10.4. The van der Waals surface area contributed by atoms with Crippen LogP contribution in [0.2, 0.25) is 0 Å². The molecule has 7 nitrogen and oxygen atoms in total. The molecule has 42 heavy (non-hydrogen) atoms. The van der Waals surface area contributed by atoms with Crippen LogP contribution in [0.3, 0.4) is 0 Å². The van der Waals surface area contributed by atoms with Gasteiger partial charge in [-0.2, -0.15) is 0 Å². The van der Waals surface area contributed by atoms with E-state index in [4.69, 9.17) is 10.1 Å². The zero-order chi connectivity index (χ0) is 30.5. The molecule has 0 unspecified atom stereocenters. The third kappa shape index (κ3) is 16.7. The third-order valence-electron chi connectivity index (χ3n) is 6.05. The van der Waals surface area contributed by atoms with E-state index in [-0.39, 0.29) is 19.4 Å². The smallest absolute Gasteiger partial charge is 0.261 e. The Labute approximate surface area is 259 Å². The quantitative estimate of drug-likeness (QED) is 0.0826. The number of likely N-dealkylation sites (N-methyl/N-ethyl adjacent to an activating group) is 1. The molecule has 1 atom stereocenters. The summed E-state index contributed by atoms with van der Waals surface area (Å²) in [6.07, 6.45) is 3.33. The molecule has 236 valence electrons. The van der Waals surface area contributed by atoms with Crippen molar-refractivity contribution in [2.45, 2.75) is 60.9 Å². The Balaban J connectivity index is 0.00000118. The van der Waals surface area contributed by atoms with Crippen LogP contribution in [0.4, 0.5) is 0 Å². The number of hydrogen-bond acceptors (Lipinski definition) is 7. The molecule has 0 spiro atoms. The lowest BCUT2D eigenvalue weighted by atomic mass is 10.0. The Kier molecular flexibility index (Phi) is 22.4. The topological polar surface area (TPSA) is 89.5 Å². The number of carbonyl (C=O) groups is 1. The van der Waals surface area contributed by atoms with Crippen LogP contribution < -0.4 is 16.0 Å². The van der Waals surface area contributed by atoms with Crippen molar-refractivity contribution in [3.63, 3.8) is 0 Å². The lowest BCUT2D eigenvalue weighted by Crippen LogP contribution is -2.39. The maximum Gasteiger partial charge on any atom is 0.261 e. The number of hydrogen-bond donors (Lipinski definition) is 4. The van der Waals surface area contributed by atoms with E-state index in [1.807, 2.05) is 69.3 Å².